The van der Waals surface area contributed by atoms with Gasteiger partial charge in [0.05, 0.1) is 6.20 Å². The van der Waals surface area contributed by atoms with Gasteiger partial charge in [-0.25, -0.2) is 4.98 Å². The van der Waals surface area contributed by atoms with Crippen LogP contribution in [0.15, 0.2) is 53.3 Å². The lowest BCUT2D eigenvalue weighted by Crippen LogP contribution is -2.15. The average molecular weight is 361 g/mol. The van der Waals surface area contributed by atoms with E-state index in [-0.39, 0.29) is 11.8 Å². The highest BCUT2D eigenvalue weighted by molar-refractivity contribution is 6.04. The summed E-state index contributed by atoms with van der Waals surface area (Å²) >= 11 is 0. The Labute approximate surface area is 156 Å². The molecule has 3 heterocycles. The second-order valence-corrected chi connectivity index (χ2v) is 6.67. The second kappa shape index (κ2) is 6.68. The van der Waals surface area contributed by atoms with E-state index in [4.69, 9.17) is 4.52 Å². The molecule has 7 nitrogen and oxygen atoms in total. The number of carbonyl (C=O) groups is 1. The van der Waals surface area contributed by atoms with Gasteiger partial charge in [0.1, 0.15) is 11.3 Å². The number of nitrogens with zero attached hydrogens (tertiary/aromatic N) is 4. The van der Waals surface area contributed by atoms with Gasteiger partial charge in [-0.1, -0.05) is 37.2 Å². The van der Waals surface area contributed by atoms with Crippen molar-refractivity contribution in [2.45, 2.75) is 26.7 Å². The molecule has 27 heavy (non-hydrogen) atoms. The van der Waals surface area contributed by atoms with Crippen LogP contribution in [0.25, 0.3) is 17.0 Å². The molecule has 0 bridgehead atoms. The van der Waals surface area contributed by atoms with E-state index in [1.165, 1.54) is 0 Å². The monoisotopic (exact) mass is 361 g/mol. The van der Waals surface area contributed by atoms with Crippen LogP contribution in [0.5, 0.6) is 0 Å². The molecule has 0 fully saturated rings. The van der Waals surface area contributed by atoms with Crippen molar-refractivity contribution in [2.24, 2.45) is 0 Å². The highest BCUT2D eigenvalue weighted by atomic mass is 16.5. The minimum Gasteiger partial charge on any atom is -0.339 e. The SMILES string of the molecule is Cc1ccc(-c2noc(C(C)C)n2)cc1NC(=O)c1cnc2ccccn12. The molecular formula is C20H19N5O2. The third-order valence-corrected chi connectivity index (χ3v) is 4.33. The third kappa shape index (κ3) is 3.19. The molecule has 7 heteroatoms. The van der Waals surface area contributed by atoms with Crippen LogP contribution in [-0.2, 0) is 0 Å². The molecule has 0 aliphatic heterocycles. The van der Waals surface area contributed by atoms with E-state index < -0.39 is 0 Å². The number of hydrogen-bond donors (Lipinski definition) is 1. The summed E-state index contributed by atoms with van der Waals surface area (Å²) in [4.78, 5) is 21.4. The third-order valence-electron chi connectivity index (χ3n) is 4.33. The van der Waals surface area contributed by atoms with Crippen molar-refractivity contribution in [1.82, 2.24) is 19.5 Å². The standard InChI is InChI=1S/C20H19N5O2/c1-12(2)20-23-18(24-27-20)14-8-7-13(3)15(10-14)22-19(26)16-11-21-17-6-4-5-9-25(16)17/h4-12H,1-3H3,(H,22,26). The number of hydrogen-bond acceptors (Lipinski definition) is 5. The number of amides is 1. The molecule has 0 aliphatic carbocycles. The van der Waals surface area contributed by atoms with Crippen LogP contribution in [0.1, 0.15) is 41.7 Å². The van der Waals surface area contributed by atoms with Crippen LogP contribution >= 0.6 is 0 Å². The van der Waals surface area contributed by atoms with E-state index in [0.717, 1.165) is 16.8 Å². The Bertz CT molecular complexity index is 1130. The van der Waals surface area contributed by atoms with E-state index in [1.807, 2.05) is 63.4 Å². The summed E-state index contributed by atoms with van der Waals surface area (Å²) < 4.78 is 7.03. The number of imidazole rings is 1. The minimum absolute atomic E-state index is 0.158. The van der Waals surface area contributed by atoms with Gasteiger partial charge in [-0.2, -0.15) is 4.98 Å². The van der Waals surface area contributed by atoms with Crippen molar-refractivity contribution in [2.75, 3.05) is 5.32 Å². The predicted octanol–water partition coefficient (Wildman–Crippen LogP) is 4.07. The lowest BCUT2D eigenvalue weighted by atomic mass is 10.1. The molecule has 0 unspecified atom stereocenters. The molecule has 4 rings (SSSR count). The van der Waals surface area contributed by atoms with Gasteiger partial charge >= 0.3 is 0 Å². The number of anilines is 1. The molecule has 0 saturated carbocycles. The van der Waals surface area contributed by atoms with Crippen molar-refractivity contribution in [3.05, 3.63) is 65.9 Å². The fourth-order valence-electron chi connectivity index (χ4n) is 2.77. The van der Waals surface area contributed by atoms with Crippen molar-refractivity contribution >= 4 is 17.2 Å². The van der Waals surface area contributed by atoms with E-state index in [2.05, 4.69) is 20.4 Å². The van der Waals surface area contributed by atoms with E-state index >= 15 is 0 Å². The molecule has 0 atom stereocenters. The van der Waals surface area contributed by atoms with Crippen molar-refractivity contribution in [1.29, 1.82) is 0 Å². The van der Waals surface area contributed by atoms with Crippen LogP contribution in [0.2, 0.25) is 0 Å². The molecule has 1 N–H and O–H groups in total. The molecule has 0 aliphatic rings. The van der Waals surface area contributed by atoms with Crippen LogP contribution in [0.3, 0.4) is 0 Å². The van der Waals surface area contributed by atoms with Crippen molar-refractivity contribution < 1.29 is 9.32 Å². The lowest BCUT2D eigenvalue weighted by molar-refractivity contribution is 0.102. The maximum Gasteiger partial charge on any atom is 0.274 e. The summed E-state index contributed by atoms with van der Waals surface area (Å²) in [6, 6.07) is 11.3. The number of aromatic nitrogens is 4. The van der Waals surface area contributed by atoms with E-state index in [1.54, 1.807) is 10.6 Å². The number of benzene rings is 1. The van der Waals surface area contributed by atoms with Crippen LogP contribution < -0.4 is 5.32 Å². The van der Waals surface area contributed by atoms with Gasteiger partial charge in [0, 0.05) is 23.4 Å². The van der Waals surface area contributed by atoms with Gasteiger partial charge in [0.2, 0.25) is 11.7 Å². The highest BCUT2D eigenvalue weighted by Gasteiger charge is 2.16. The fraction of sp³-hybridized carbons (Fsp3) is 0.200. The molecule has 0 saturated heterocycles. The summed E-state index contributed by atoms with van der Waals surface area (Å²) in [6.07, 6.45) is 3.38. The zero-order valence-electron chi connectivity index (χ0n) is 15.3. The Morgan fingerprint density at radius 2 is 2.07 bits per heavy atom. The largest absolute Gasteiger partial charge is 0.339 e. The van der Waals surface area contributed by atoms with Crippen LogP contribution in [0.4, 0.5) is 5.69 Å². The number of nitrogens with one attached hydrogen (secondary N) is 1. The second-order valence-electron chi connectivity index (χ2n) is 6.67. The molecular weight excluding hydrogens is 342 g/mol. The maximum absolute atomic E-state index is 12.8. The summed E-state index contributed by atoms with van der Waals surface area (Å²) in [5.74, 6) is 1.02. The van der Waals surface area contributed by atoms with Gasteiger partial charge in [-0.05, 0) is 30.7 Å². The molecule has 136 valence electrons. The molecule has 0 spiro atoms. The topological polar surface area (TPSA) is 85.3 Å². The van der Waals surface area contributed by atoms with E-state index in [0.29, 0.717) is 23.1 Å². The lowest BCUT2D eigenvalue weighted by Gasteiger charge is -2.09. The first-order chi connectivity index (χ1) is 13.0. The quantitative estimate of drug-likeness (QED) is 0.592. The molecule has 1 amide bonds. The van der Waals surface area contributed by atoms with Gasteiger partial charge in [-0.3, -0.25) is 9.20 Å². The number of aryl methyl sites for hydroxylation is 1. The zero-order chi connectivity index (χ0) is 19.0. The smallest absolute Gasteiger partial charge is 0.274 e. The Morgan fingerprint density at radius 3 is 2.85 bits per heavy atom. The Morgan fingerprint density at radius 1 is 1.22 bits per heavy atom. The highest BCUT2D eigenvalue weighted by Crippen LogP contribution is 2.25. The molecule has 4 aromatic rings. The number of rotatable bonds is 4. The number of pyridine rings is 1. The van der Waals surface area contributed by atoms with Gasteiger partial charge in [-0.15, -0.1) is 0 Å². The molecule has 0 radical (unpaired) electrons. The maximum atomic E-state index is 12.8. The Balaban J connectivity index is 1.64. The van der Waals surface area contributed by atoms with E-state index in [9.17, 15) is 4.79 Å². The summed E-state index contributed by atoms with van der Waals surface area (Å²) in [5, 5.41) is 6.99. The van der Waals surface area contributed by atoms with Gasteiger partial charge in [0.25, 0.3) is 5.91 Å². The summed E-state index contributed by atoms with van der Waals surface area (Å²) in [6.45, 7) is 5.92. The number of fused-ring (bicyclic) bond motifs is 1. The predicted molar refractivity (Wildman–Crippen MR) is 102 cm³/mol. The fourth-order valence-corrected chi connectivity index (χ4v) is 2.77. The Hall–Kier alpha value is -3.48. The van der Waals surface area contributed by atoms with Crippen molar-refractivity contribution in [3.8, 4) is 11.4 Å². The Kier molecular flexibility index (Phi) is 4.19. The van der Waals surface area contributed by atoms with Gasteiger partial charge < -0.3 is 9.84 Å². The number of carbonyl (C=O) groups excluding carboxylic acids is 1. The van der Waals surface area contributed by atoms with Crippen molar-refractivity contribution in [3.63, 3.8) is 0 Å². The molecule has 3 aromatic heterocycles. The average Bonchev–Trinajstić information content (AvgIpc) is 3.30. The normalized spacial score (nSPS) is 11.3. The summed E-state index contributed by atoms with van der Waals surface area (Å²) in [5.41, 5.74) is 3.61. The minimum atomic E-state index is -0.232. The van der Waals surface area contributed by atoms with Crippen LogP contribution in [-0.4, -0.2) is 25.4 Å². The first-order valence-electron chi connectivity index (χ1n) is 8.71. The first kappa shape index (κ1) is 17.0. The molecule has 1 aromatic carbocycles. The zero-order valence-corrected chi connectivity index (χ0v) is 15.3. The summed E-state index contributed by atoms with van der Waals surface area (Å²) in [7, 11) is 0. The van der Waals surface area contributed by atoms with Crippen LogP contribution in [0, 0.1) is 6.92 Å². The first-order valence-corrected chi connectivity index (χ1v) is 8.71. The van der Waals surface area contributed by atoms with Gasteiger partial charge in [0.15, 0.2) is 0 Å².